The van der Waals surface area contributed by atoms with E-state index in [1.807, 2.05) is 24.3 Å². The van der Waals surface area contributed by atoms with Crippen LogP contribution in [0.25, 0.3) is 26.8 Å². The SMILES string of the molecule is COCCCCCCOc1ccc(-c2nn3cc(-c4ccc(C(=O)N[C@H]5CC(O)CNC(=O)C6C(O)C(C)CN6C(=O)C(C(O)CC(N)=O)NC(=O)C(C(O)C(O)c6ccc(O)c(OSOO[O-])c6)NC(=O)C6CC(O)CN6C(=O)C(C(C)O)NC5=O)cc4)nc3s2)cc1.[Na+]. The number of amides is 8. The molecule has 8 amide bonds. The molecule has 14 atom stereocenters. The number of hydrogen-bond acceptors (Lipinski definition) is 26. The van der Waals surface area contributed by atoms with Crippen LogP contribution in [0.1, 0.15) is 80.8 Å². The van der Waals surface area contributed by atoms with Crippen molar-refractivity contribution < 1.29 is 137 Å². The maximum Gasteiger partial charge on any atom is 1.00 e. The number of carbonyl (C=O) groups excluding carboxylic acids is 8. The summed E-state index contributed by atoms with van der Waals surface area (Å²) in [6.07, 6.45) is -10.5. The van der Waals surface area contributed by atoms with Gasteiger partial charge < -0.3 is 102 Å². The number of aliphatic hydroxyl groups excluding tert-OH is 7. The summed E-state index contributed by atoms with van der Waals surface area (Å²) in [5.41, 5.74) is 6.93. The Labute approximate surface area is 573 Å². The Morgan fingerprint density at radius 3 is 2.14 bits per heavy atom. The molecule has 8 rings (SSSR count). The van der Waals surface area contributed by atoms with Crippen molar-refractivity contribution >= 4 is 75.9 Å². The zero-order chi connectivity index (χ0) is 68.1. The number of phenolic OH excluding ortho intramolecular Hbond substituents is 1. The van der Waals surface area contributed by atoms with E-state index in [1.54, 1.807) is 30.0 Å². The number of nitrogens with one attached hydrogen (secondary N) is 5. The first-order valence-corrected chi connectivity index (χ1v) is 31.3. The second kappa shape index (κ2) is 34.7. The fourth-order valence-electron chi connectivity index (χ4n) is 11.0. The van der Waals surface area contributed by atoms with Gasteiger partial charge >= 0.3 is 29.6 Å². The molecule has 5 aromatic rings. The number of carbonyl (C=O) groups is 8. The largest absolute Gasteiger partial charge is 1.00 e. The molecule has 3 aliphatic heterocycles. The number of unbranched alkanes of at least 4 members (excludes halogenated alkanes) is 3. The molecular formula is C59H74N11NaO22S2. The fraction of sp³-hybridized carbons (Fsp3) is 0.492. The van der Waals surface area contributed by atoms with Crippen LogP contribution in [0, 0.1) is 5.92 Å². The molecule has 0 radical (unpaired) electrons. The van der Waals surface area contributed by atoms with Gasteiger partial charge in [0.15, 0.2) is 11.5 Å². The molecule has 2 aromatic heterocycles. The van der Waals surface area contributed by atoms with Gasteiger partial charge in [0.2, 0.25) is 46.3 Å². The summed E-state index contributed by atoms with van der Waals surface area (Å²) in [7, 11) is 1.69. The van der Waals surface area contributed by atoms with Crippen molar-refractivity contribution in [3.05, 3.63) is 84.1 Å². The Kier molecular flexibility index (Phi) is 27.4. The van der Waals surface area contributed by atoms with Crippen molar-refractivity contribution in [3.63, 3.8) is 0 Å². The van der Waals surface area contributed by atoms with Crippen LogP contribution in [0.2, 0.25) is 0 Å². The van der Waals surface area contributed by atoms with Gasteiger partial charge in [-0.3, -0.25) is 43.4 Å². The summed E-state index contributed by atoms with van der Waals surface area (Å²) >= 11 is 1.26. The number of ether oxygens (including phenoxy) is 2. The van der Waals surface area contributed by atoms with Crippen LogP contribution in [-0.2, 0) is 47.7 Å². The topological polar surface area (TPSA) is 490 Å². The van der Waals surface area contributed by atoms with E-state index in [0.29, 0.717) is 27.8 Å². The van der Waals surface area contributed by atoms with Gasteiger partial charge in [-0.2, -0.15) is 5.10 Å². The van der Waals surface area contributed by atoms with E-state index in [1.165, 1.54) is 30.4 Å². The van der Waals surface area contributed by atoms with E-state index in [0.717, 1.165) is 78.5 Å². The number of β-amino-alcohol motifs (C(OH)–C–C–N with tert-alkyl or cyclic N) is 1. The number of nitrogens with zero attached hydrogens (tertiary/aromatic N) is 5. The third kappa shape index (κ3) is 19.1. The Morgan fingerprint density at radius 2 is 1.47 bits per heavy atom. The average molecular weight is 1380 g/mol. The molecule has 0 saturated carbocycles. The molecule has 36 heteroatoms. The van der Waals surface area contributed by atoms with Crippen molar-refractivity contribution in [1.82, 2.24) is 51.0 Å². The third-order valence-electron chi connectivity index (χ3n) is 16.0. The summed E-state index contributed by atoms with van der Waals surface area (Å²) < 4.78 is 21.7. The summed E-state index contributed by atoms with van der Waals surface area (Å²) in [6, 6.07) is 4.12. The van der Waals surface area contributed by atoms with Gasteiger partial charge in [-0.1, -0.05) is 42.9 Å². The molecule has 5 heterocycles. The smallest absolute Gasteiger partial charge is 0.691 e. The molecule has 33 nitrogen and oxygen atoms in total. The van der Waals surface area contributed by atoms with Crippen LogP contribution in [0.5, 0.6) is 17.2 Å². The Balaban J connectivity index is 0.0000128. The minimum Gasteiger partial charge on any atom is -0.691 e. The van der Waals surface area contributed by atoms with Crippen LogP contribution in [0.4, 0.5) is 0 Å². The van der Waals surface area contributed by atoms with Gasteiger partial charge in [0, 0.05) is 68.8 Å². The van der Waals surface area contributed by atoms with E-state index in [9.17, 15) is 84.5 Å². The Bertz CT molecular complexity index is 3450. The van der Waals surface area contributed by atoms with E-state index in [4.69, 9.17) is 29.5 Å². The maximum atomic E-state index is 14.7. The summed E-state index contributed by atoms with van der Waals surface area (Å²) in [6.45, 7) is 1.99. The van der Waals surface area contributed by atoms with Crippen LogP contribution >= 0.6 is 23.7 Å². The minimum absolute atomic E-state index is 0. The van der Waals surface area contributed by atoms with E-state index >= 15 is 0 Å². The summed E-state index contributed by atoms with van der Waals surface area (Å²) in [5.74, 6) is -11.3. The average Bonchev–Trinajstić information content (AvgIpc) is 1.59. The predicted octanol–water partition coefficient (Wildman–Crippen LogP) is -6.10. The number of aromatic nitrogens is 3. The molecule has 0 aliphatic carbocycles. The minimum atomic E-state index is -2.54. The summed E-state index contributed by atoms with van der Waals surface area (Å²) in [4.78, 5) is 120. The van der Waals surface area contributed by atoms with Gasteiger partial charge in [-0.25, -0.2) is 9.50 Å². The zero-order valence-corrected chi connectivity index (χ0v) is 55.6. The molecule has 95 heavy (non-hydrogen) atoms. The van der Waals surface area contributed by atoms with Crippen molar-refractivity contribution in [2.75, 3.05) is 40.0 Å². The second-order valence-corrected chi connectivity index (χ2v) is 24.4. The van der Waals surface area contributed by atoms with E-state index in [2.05, 4.69) is 36.0 Å². The van der Waals surface area contributed by atoms with E-state index < -0.39 is 183 Å². The van der Waals surface area contributed by atoms with Crippen LogP contribution in [0.3, 0.4) is 0 Å². The van der Waals surface area contributed by atoms with Crippen LogP contribution < -0.4 is 76.1 Å². The molecule has 13 unspecified atom stereocenters. The number of fused-ring (bicyclic) bond motifs is 3. The third-order valence-corrected chi connectivity index (χ3v) is 17.4. The number of methoxy groups -OCH3 is 1. The number of benzene rings is 3. The van der Waals surface area contributed by atoms with Crippen molar-refractivity contribution in [2.45, 2.75) is 138 Å². The van der Waals surface area contributed by atoms with Gasteiger partial charge in [-0.05, 0) is 80.3 Å². The number of phenols is 1. The molecule has 0 bridgehead atoms. The standard InChI is InChI=1S/C59H75N11O22S2.Na/c1-28-25-69-47(48(28)77)55(84)61-24-34(72)21-37(62-51(80)31-10-8-30(9-11-31)38-27-70-59(63-38)93-56(67-70)32-12-15-36(16-13-32)89-19-7-5-4-6-18-88-3)52(81)64-44(29(2)71)57(85)68-26-35(73)22-39(68)53(82)66-46(54(83)65-45(58(69)86)41(75)23-43(60)76)50(79)49(78)33-14-17-40(74)42(20-33)90-94-92-91-87;/h8-17,20,27-29,34-35,37,39,41,44-50,71-75,77-79,87H,4-7,18-19,21-26H2,1-3H3,(H2,60,76)(H,61,84)(H,62,80)(H,64,81)(H,65,83)(H,66,82);/q;+1/p-1/t28?,29?,34?,35?,37-,39?,41?,44?,45?,46?,47?,48?,49?,50?;/m0./s1. The van der Waals surface area contributed by atoms with Gasteiger partial charge in [0.05, 0.1) is 55.4 Å². The predicted molar refractivity (Wildman–Crippen MR) is 326 cm³/mol. The number of nitrogens with two attached hydrogens (primary N) is 1. The number of imidazole rings is 1. The molecule has 510 valence electrons. The quantitative estimate of drug-likeness (QED) is 0.00951. The first-order chi connectivity index (χ1) is 44.9. The normalized spacial score (nSPS) is 24.5. The zero-order valence-electron chi connectivity index (χ0n) is 51.9. The molecule has 3 fully saturated rings. The first kappa shape index (κ1) is 75.2. The first-order valence-electron chi connectivity index (χ1n) is 29.8. The molecule has 3 aromatic carbocycles. The monoisotopic (exact) mass is 1380 g/mol. The van der Waals surface area contributed by atoms with Gasteiger partial charge in [-0.15, -0.1) is 4.33 Å². The number of aliphatic hydroxyl groups is 7. The molecule has 15 N–H and O–H groups in total. The van der Waals surface area contributed by atoms with Crippen LogP contribution in [-0.4, -0.2) is 225 Å². The summed E-state index contributed by atoms with van der Waals surface area (Å²) in [5, 5.41) is 121. The number of rotatable bonds is 23. The van der Waals surface area contributed by atoms with Crippen molar-refractivity contribution in [3.8, 4) is 39.1 Å². The van der Waals surface area contributed by atoms with E-state index in [-0.39, 0.29) is 53.0 Å². The molecular weight excluding hydrogens is 1300 g/mol. The van der Waals surface area contributed by atoms with Crippen molar-refractivity contribution in [2.24, 2.45) is 11.7 Å². The maximum absolute atomic E-state index is 14.7. The van der Waals surface area contributed by atoms with Crippen molar-refractivity contribution in [1.29, 1.82) is 0 Å². The van der Waals surface area contributed by atoms with Gasteiger partial charge in [0.25, 0.3) is 18.2 Å². The number of primary amides is 1. The van der Waals surface area contributed by atoms with Gasteiger partial charge in [0.1, 0.15) is 59.2 Å². The van der Waals surface area contributed by atoms with Crippen LogP contribution in [0.15, 0.2) is 72.9 Å². The fourth-order valence-corrected chi connectivity index (χ4v) is 12.2. The second-order valence-electron chi connectivity index (χ2n) is 23.0. The number of aromatic hydroxyl groups is 1. The molecule has 0 spiro atoms. The Hall–Kier alpha value is -7.17. The Morgan fingerprint density at radius 1 is 0.811 bits per heavy atom. The molecule has 3 saturated heterocycles. The molecule has 3 aliphatic rings. The number of hydrogen-bond donors (Lipinski definition) is 14.